The minimum Gasteiger partial charge on any atom is -0.398 e. The maximum absolute atomic E-state index is 13.6. The molecule has 2 aromatic carbocycles. The van der Waals surface area contributed by atoms with Crippen molar-refractivity contribution in [2.24, 2.45) is 0 Å². The summed E-state index contributed by atoms with van der Waals surface area (Å²) in [4.78, 5) is 0. The first-order valence-corrected chi connectivity index (χ1v) is 5.84. The Labute approximate surface area is 109 Å². The molecule has 1 nitrogen and oxygen atoms in total. The summed E-state index contributed by atoms with van der Waals surface area (Å²) >= 11 is 6.05. The maximum Gasteiger partial charge on any atom is 0.129 e. The number of benzene rings is 2. The van der Waals surface area contributed by atoms with Crippen LogP contribution < -0.4 is 5.73 Å². The zero-order chi connectivity index (χ0) is 13.3. The van der Waals surface area contributed by atoms with Crippen LogP contribution in [0.2, 0.25) is 5.02 Å². The van der Waals surface area contributed by atoms with Gasteiger partial charge >= 0.3 is 0 Å². The first-order valence-electron chi connectivity index (χ1n) is 5.46. The Morgan fingerprint density at radius 3 is 2.39 bits per heavy atom. The lowest BCUT2D eigenvalue weighted by molar-refractivity contribution is 0.561. The molecule has 0 aliphatic heterocycles. The summed E-state index contributed by atoms with van der Waals surface area (Å²) in [7, 11) is 0. The van der Waals surface area contributed by atoms with Gasteiger partial charge in [0.05, 0.1) is 10.7 Å². The number of halogens is 3. The second-order valence-corrected chi connectivity index (χ2v) is 4.58. The molecule has 0 fully saturated rings. The minimum absolute atomic E-state index is 0.00407. The number of nitrogen functional groups attached to an aromatic ring is 1. The average Bonchev–Trinajstić information content (AvgIpc) is 2.30. The molecule has 2 N–H and O–H groups in total. The normalized spacial score (nSPS) is 10.7. The van der Waals surface area contributed by atoms with Crippen LogP contribution in [0.3, 0.4) is 0 Å². The topological polar surface area (TPSA) is 26.0 Å². The fraction of sp³-hybridized carbons (Fsp3) is 0.143. The van der Waals surface area contributed by atoms with E-state index in [1.807, 2.05) is 6.92 Å². The van der Waals surface area contributed by atoms with E-state index >= 15 is 0 Å². The van der Waals surface area contributed by atoms with Crippen molar-refractivity contribution in [2.45, 2.75) is 13.3 Å². The summed E-state index contributed by atoms with van der Waals surface area (Å²) in [5.74, 6) is -1.16. The van der Waals surface area contributed by atoms with E-state index in [2.05, 4.69) is 0 Å². The van der Waals surface area contributed by atoms with Crippen LogP contribution in [-0.2, 0) is 6.42 Å². The zero-order valence-corrected chi connectivity index (χ0v) is 10.6. The van der Waals surface area contributed by atoms with E-state index in [4.69, 9.17) is 17.3 Å². The minimum atomic E-state index is -0.578. The summed E-state index contributed by atoms with van der Waals surface area (Å²) in [5, 5.41) is 0.350. The Hall–Kier alpha value is -1.61. The smallest absolute Gasteiger partial charge is 0.129 e. The average molecular weight is 268 g/mol. The van der Waals surface area contributed by atoms with Crippen molar-refractivity contribution in [2.75, 3.05) is 5.73 Å². The molecule has 0 amide bonds. The van der Waals surface area contributed by atoms with Gasteiger partial charge in [-0.15, -0.1) is 0 Å². The predicted octanol–water partition coefficient (Wildman–Crippen LogP) is 4.10. The molecule has 0 spiro atoms. The molecule has 0 saturated heterocycles. The van der Waals surface area contributed by atoms with E-state index in [9.17, 15) is 8.78 Å². The van der Waals surface area contributed by atoms with Crippen molar-refractivity contribution < 1.29 is 8.78 Å². The molecule has 0 radical (unpaired) electrons. The summed E-state index contributed by atoms with van der Waals surface area (Å²) in [6, 6.07) is 7.30. The molecule has 0 heterocycles. The predicted molar refractivity (Wildman–Crippen MR) is 69.8 cm³/mol. The Balaban J connectivity index is 2.46. The van der Waals surface area contributed by atoms with Crippen LogP contribution in [-0.4, -0.2) is 0 Å². The molecule has 0 aliphatic carbocycles. The van der Waals surface area contributed by atoms with Crippen molar-refractivity contribution in [3.05, 3.63) is 63.7 Å². The van der Waals surface area contributed by atoms with E-state index in [1.54, 1.807) is 12.1 Å². The summed E-state index contributed by atoms with van der Waals surface area (Å²) in [6.45, 7) is 1.86. The standard InChI is InChI=1S/C14H12ClF2N/c1-8-5-9(14(15)13(18)6-8)7-10-11(16)3-2-4-12(10)17/h2-6H,7,18H2,1H3. The molecule has 4 heteroatoms. The van der Waals surface area contributed by atoms with Crippen molar-refractivity contribution in [1.82, 2.24) is 0 Å². The van der Waals surface area contributed by atoms with Crippen molar-refractivity contribution >= 4 is 17.3 Å². The summed E-state index contributed by atoms with van der Waals surface area (Å²) < 4.78 is 27.1. The zero-order valence-electron chi connectivity index (χ0n) is 9.81. The number of anilines is 1. The SMILES string of the molecule is Cc1cc(N)c(Cl)c(Cc2c(F)cccc2F)c1. The van der Waals surface area contributed by atoms with Crippen LogP contribution in [0.4, 0.5) is 14.5 Å². The Morgan fingerprint density at radius 2 is 1.78 bits per heavy atom. The third kappa shape index (κ3) is 2.46. The van der Waals surface area contributed by atoms with Crippen molar-refractivity contribution in [1.29, 1.82) is 0 Å². The molecular formula is C14H12ClF2N. The Kier molecular flexibility index (Phi) is 3.53. The van der Waals surface area contributed by atoms with Crippen molar-refractivity contribution in [3.63, 3.8) is 0 Å². The fourth-order valence-electron chi connectivity index (χ4n) is 1.89. The molecule has 0 atom stereocenters. The van der Waals surface area contributed by atoms with Gasteiger partial charge in [0.15, 0.2) is 0 Å². The van der Waals surface area contributed by atoms with Gasteiger partial charge in [0.25, 0.3) is 0 Å². The third-order valence-corrected chi connectivity index (χ3v) is 3.21. The molecule has 0 aliphatic rings. The monoisotopic (exact) mass is 267 g/mol. The van der Waals surface area contributed by atoms with E-state index in [-0.39, 0.29) is 12.0 Å². The second-order valence-electron chi connectivity index (χ2n) is 4.20. The first-order chi connectivity index (χ1) is 8.49. The van der Waals surface area contributed by atoms with Crippen LogP contribution in [0, 0.1) is 18.6 Å². The van der Waals surface area contributed by atoms with Gasteiger partial charge < -0.3 is 5.73 Å². The number of nitrogens with two attached hydrogens (primary N) is 1. The van der Waals surface area contributed by atoms with E-state index in [0.29, 0.717) is 16.3 Å². The highest BCUT2D eigenvalue weighted by atomic mass is 35.5. The van der Waals surface area contributed by atoms with Crippen LogP contribution in [0.1, 0.15) is 16.7 Å². The van der Waals surface area contributed by atoms with Gasteiger partial charge in [0.2, 0.25) is 0 Å². The molecule has 0 aromatic heterocycles. The molecule has 2 aromatic rings. The largest absolute Gasteiger partial charge is 0.398 e. The van der Waals surface area contributed by atoms with E-state index in [0.717, 1.165) is 5.56 Å². The summed E-state index contributed by atoms with van der Waals surface area (Å²) in [6.07, 6.45) is 0.0865. The van der Waals surface area contributed by atoms with Gasteiger partial charge in [0.1, 0.15) is 11.6 Å². The highest BCUT2D eigenvalue weighted by Gasteiger charge is 2.12. The number of hydrogen-bond acceptors (Lipinski definition) is 1. The Bertz CT molecular complexity index is 576. The summed E-state index contributed by atoms with van der Waals surface area (Å²) in [5.41, 5.74) is 7.69. The van der Waals surface area contributed by atoms with Gasteiger partial charge in [-0.2, -0.15) is 0 Å². The number of hydrogen-bond donors (Lipinski definition) is 1. The maximum atomic E-state index is 13.6. The van der Waals surface area contributed by atoms with Gasteiger partial charge in [-0.1, -0.05) is 23.7 Å². The van der Waals surface area contributed by atoms with Gasteiger partial charge in [0, 0.05) is 12.0 Å². The van der Waals surface area contributed by atoms with Gasteiger partial charge in [-0.05, 0) is 36.2 Å². The van der Waals surface area contributed by atoms with Gasteiger partial charge in [-0.3, -0.25) is 0 Å². The number of aryl methyl sites for hydroxylation is 1. The van der Waals surface area contributed by atoms with Crippen LogP contribution in [0.25, 0.3) is 0 Å². The lowest BCUT2D eigenvalue weighted by atomic mass is 10.0. The molecule has 0 saturated carbocycles. The quantitative estimate of drug-likeness (QED) is 0.815. The Morgan fingerprint density at radius 1 is 1.17 bits per heavy atom. The fourth-order valence-corrected chi connectivity index (χ4v) is 2.07. The van der Waals surface area contributed by atoms with E-state index < -0.39 is 11.6 Å². The van der Waals surface area contributed by atoms with Crippen LogP contribution in [0.5, 0.6) is 0 Å². The molecule has 2 rings (SSSR count). The third-order valence-electron chi connectivity index (χ3n) is 2.75. The lowest BCUT2D eigenvalue weighted by Gasteiger charge is -2.10. The second kappa shape index (κ2) is 4.94. The van der Waals surface area contributed by atoms with Crippen LogP contribution >= 0.6 is 11.6 Å². The molecule has 18 heavy (non-hydrogen) atoms. The molecule has 94 valence electrons. The first kappa shape index (κ1) is 12.8. The lowest BCUT2D eigenvalue weighted by Crippen LogP contribution is -2.00. The van der Waals surface area contributed by atoms with Crippen molar-refractivity contribution in [3.8, 4) is 0 Å². The van der Waals surface area contributed by atoms with E-state index in [1.165, 1.54) is 18.2 Å². The van der Waals surface area contributed by atoms with Gasteiger partial charge in [-0.25, -0.2) is 8.78 Å². The van der Waals surface area contributed by atoms with Crippen LogP contribution in [0.15, 0.2) is 30.3 Å². The highest BCUT2D eigenvalue weighted by molar-refractivity contribution is 6.33. The molecule has 0 bridgehead atoms. The highest BCUT2D eigenvalue weighted by Crippen LogP contribution is 2.28. The number of rotatable bonds is 2. The molecular weight excluding hydrogens is 256 g/mol. The molecule has 0 unspecified atom stereocenters.